The minimum Gasteiger partial charge on any atom is -0.481 e. The van der Waals surface area contributed by atoms with E-state index in [0.29, 0.717) is 13.0 Å². The molecular weight excluding hydrogens is 269 g/mol. The number of hydrogen-bond donors (Lipinski definition) is 2. The van der Waals surface area contributed by atoms with Gasteiger partial charge in [0.1, 0.15) is 5.82 Å². The lowest BCUT2D eigenvalue weighted by molar-refractivity contribution is -0.137. The van der Waals surface area contributed by atoms with Crippen LogP contribution in [-0.4, -0.2) is 17.1 Å². The normalized spacial score (nSPS) is 12.0. The molecule has 3 nitrogen and oxygen atoms in total. The summed E-state index contributed by atoms with van der Waals surface area (Å²) < 4.78 is 12.8. The van der Waals surface area contributed by atoms with Gasteiger partial charge in [-0.3, -0.25) is 4.79 Å². The van der Waals surface area contributed by atoms with Gasteiger partial charge < -0.3 is 10.4 Å². The van der Waals surface area contributed by atoms with Gasteiger partial charge in [-0.2, -0.15) is 0 Å². The minimum atomic E-state index is -0.831. The zero-order valence-corrected chi connectivity index (χ0v) is 11.6. The average Bonchev–Trinajstić information content (AvgIpc) is 2.47. The van der Waals surface area contributed by atoms with Crippen molar-refractivity contribution < 1.29 is 14.3 Å². The molecule has 0 fully saturated rings. The second kappa shape index (κ2) is 7.55. The second-order valence-corrected chi connectivity index (χ2v) is 4.99. The molecule has 0 radical (unpaired) electrons. The highest BCUT2D eigenvalue weighted by atomic mass is 19.1. The van der Waals surface area contributed by atoms with E-state index in [1.165, 1.54) is 12.1 Å². The molecule has 0 aliphatic heterocycles. The largest absolute Gasteiger partial charge is 0.481 e. The minimum absolute atomic E-state index is 0.0517. The van der Waals surface area contributed by atoms with Crippen molar-refractivity contribution in [1.82, 2.24) is 5.32 Å². The summed E-state index contributed by atoms with van der Waals surface area (Å²) in [5.74, 6) is -1.10. The number of hydrogen-bond acceptors (Lipinski definition) is 2. The monoisotopic (exact) mass is 287 g/mol. The van der Waals surface area contributed by atoms with Gasteiger partial charge in [-0.1, -0.05) is 42.5 Å². The fourth-order valence-electron chi connectivity index (χ4n) is 2.19. The van der Waals surface area contributed by atoms with Crippen LogP contribution in [0.4, 0.5) is 4.39 Å². The van der Waals surface area contributed by atoms with E-state index in [9.17, 15) is 9.18 Å². The number of carbonyl (C=O) groups is 1. The van der Waals surface area contributed by atoms with Crippen LogP contribution in [-0.2, 0) is 17.8 Å². The Morgan fingerprint density at radius 3 is 2.33 bits per heavy atom. The van der Waals surface area contributed by atoms with Crippen LogP contribution >= 0.6 is 0 Å². The van der Waals surface area contributed by atoms with Crippen molar-refractivity contribution in [2.75, 3.05) is 0 Å². The van der Waals surface area contributed by atoms with Crippen molar-refractivity contribution in [3.8, 4) is 0 Å². The first kappa shape index (κ1) is 15.2. The summed E-state index contributed by atoms with van der Waals surface area (Å²) in [6, 6.07) is 15.8. The first-order valence-electron chi connectivity index (χ1n) is 6.87. The maximum atomic E-state index is 12.8. The number of rotatable bonds is 7. The van der Waals surface area contributed by atoms with Crippen LogP contribution in [0.15, 0.2) is 54.6 Å². The number of aliphatic carboxylic acids is 1. The Labute approximate surface area is 123 Å². The molecule has 0 amide bonds. The zero-order chi connectivity index (χ0) is 15.1. The summed E-state index contributed by atoms with van der Waals surface area (Å²) in [7, 11) is 0. The Bertz CT molecular complexity index is 569. The van der Waals surface area contributed by atoms with Crippen LogP contribution in [0.25, 0.3) is 0 Å². The van der Waals surface area contributed by atoms with Crippen molar-refractivity contribution >= 4 is 5.97 Å². The number of carboxylic acids is 1. The van der Waals surface area contributed by atoms with Crippen LogP contribution in [0.3, 0.4) is 0 Å². The Balaban J connectivity index is 1.96. The topological polar surface area (TPSA) is 49.3 Å². The number of benzene rings is 2. The average molecular weight is 287 g/mol. The third kappa shape index (κ3) is 5.36. The summed E-state index contributed by atoms with van der Waals surface area (Å²) >= 11 is 0. The van der Waals surface area contributed by atoms with Crippen molar-refractivity contribution in [1.29, 1.82) is 0 Å². The number of nitrogens with one attached hydrogen (secondary N) is 1. The lowest BCUT2D eigenvalue weighted by atomic mass is 10.0. The summed E-state index contributed by atoms with van der Waals surface area (Å²) in [4.78, 5) is 11.0. The predicted octanol–water partition coefficient (Wildman–Crippen LogP) is 3.00. The summed E-state index contributed by atoms with van der Waals surface area (Å²) in [6.07, 6.45) is 0.699. The van der Waals surface area contributed by atoms with Crippen molar-refractivity contribution in [2.24, 2.45) is 0 Å². The molecular formula is C17H18FNO2. The molecule has 2 N–H and O–H groups in total. The van der Waals surface area contributed by atoms with E-state index in [4.69, 9.17) is 5.11 Å². The van der Waals surface area contributed by atoms with E-state index in [1.54, 1.807) is 12.1 Å². The third-order valence-electron chi connectivity index (χ3n) is 3.25. The SMILES string of the molecule is O=C(O)CC(Cc1ccccc1)NCc1ccc(F)cc1. The van der Waals surface area contributed by atoms with Gasteiger partial charge in [0, 0.05) is 12.6 Å². The van der Waals surface area contributed by atoms with Crippen molar-refractivity contribution in [3.63, 3.8) is 0 Å². The highest BCUT2D eigenvalue weighted by Gasteiger charge is 2.13. The van der Waals surface area contributed by atoms with E-state index in [2.05, 4.69) is 5.32 Å². The standard InChI is InChI=1S/C17H18FNO2/c18-15-8-6-14(7-9-15)12-19-16(11-17(20)21)10-13-4-2-1-3-5-13/h1-9,16,19H,10-12H2,(H,20,21). The van der Waals surface area contributed by atoms with Crippen LogP contribution < -0.4 is 5.32 Å². The molecule has 2 aromatic rings. The molecule has 0 aliphatic rings. The Hall–Kier alpha value is -2.20. The molecule has 0 heterocycles. The van der Waals surface area contributed by atoms with Gasteiger partial charge in [-0.05, 0) is 29.7 Å². The summed E-state index contributed by atoms with van der Waals surface area (Å²) in [5.41, 5.74) is 2.02. The molecule has 1 unspecified atom stereocenters. The fourth-order valence-corrected chi connectivity index (χ4v) is 2.19. The molecule has 110 valence electrons. The van der Waals surface area contributed by atoms with E-state index in [1.807, 2.05) is 30.3 Å². The molecule has 0 saturated heterocycles. The fraction of sp³-hybridized carbons (Fsp3) is 0.235. The molecule has 0 aliphatic carbocycles. The van der Waals surface area contributed by atoms with Crippen molar-refractivity contribution in [3.05, 3.63) is 71.5 Å². The number of carboxylic acid groups (broad SMARTS) is 1. The zero-order valence-electron chi connectivity index (χ0n) is 11.6. The second-order valence-electron chi connectivity index (χ2n) is 4.99. The van der Waals surface area contributed by atoms with Crippen LogP contribution in [0, 0.1) is 5.82 Å². The lowest BCUT2D eigenvalue weighted by Gasteiger charge is -2.17. The Kier molecular flexibility index (Phi) is 5.46. The highest BCUT2D eigenvalue weighted by Crippen LogP contribution is 2.08. The molecule has 4 heteroatoms. The Morgan fingerprint density at radius 2 is 1.71 bits per heavy atom. The first-order valence-corrected chi connectivity index (χ1v) is 6.87. The molecule has 1 atom stereocenters. The van der Waals surface area contributed by atoms with Gasteiger partial charge in [-0.15, -0.1) is 0 Å². The van der Waals surface area contributed by atoms with E-state index >= 15 is 0 Å². The smallest absolute Gasteiger partial charge is 0.304 e. The van der Waals surface area contributed by atoms with Gasteiger partial charge in [0.25, 0.3) is 0 Å². The maximum absolute atomic E-state index is 12.8. The number of halogens is 1. The molecule has 2 rings (SSSR count). The highest BCUT2D eigenvalue weighted by molar-refractivity contribution is 5.67. The first-order chi connectivity index (χ1) is 10.1. The van der Waals surface area contributed by atoms with Gasteiger partial charge in [0.2, 0.25) is 0 Å². The van der Waals surface area contributed by atoms with Crippen LogP contribution in [0.5, 0.6) is 0 Å². The molecule has 0 aromatic heterocycles. The molecule has 0 bridgehead atoms. The summed E-state index contributed by atoms with van der Waals surface area (Å²) in [5, 5.41) is 12.2. The van der Waals surface area contributed by atoms with Gasteiger partial charge in [0.15, 0.2) is 0 Å². The Morgan fingerprint density at radius 1 is 1.05 bits per heavy atom. The van der Waals surface area contributed by atoms with E-state index < -0.39 is 5.97 Å². The maximum Gasteiger partial charge on any atom is 0.304 e. The molecule has 0 saturated carbocycles. The van der Waals surface area contributed by atoms with Crippen LogP contribution in [0.1, 0.15) is 17.5 Å². The molecule has 21 heavy (non-hydrogen) atoms. The predicted molar refractivity (Wildman–Crippen MR) is 79.4 cm³/mol. The van der Waals surface area contributed by atoms with Gasteiger partial charge in [-0.25, -0.2) is 4.39 Å². The third-order valence-corrected chi connectivity index (χ3v) is 3.25. The van der Waals surface area contributed by atoms with Gasteiger partial charge in [0.05, 0.1) is 6.42 Å². The van der Waals surface area contributed by atoms with Crippen LogP contribution in [0.2, 0.25) is 0 Å². The van der Waals surface area contributed by atoms with E-state index in [0.717, 1.165) is 11.1 Å². The quantitative estimate of drug-likeness (QED) is 0.823. The lowest BCUT2D eigenvalue weighted by Crippen LogP contribution is -2.33. The van der Waals surface area contributed by atoms with E-state index in [-0.39, 0.29) is 18.3 Å². The molecule has 2 aromatic carbocycles. The van der Waals surface area contributed by atoms with Gasteiger partial charge >= 0.3 is 5.97 Å². The summed E-state index contributed by atoms with van der Waals surface area (Å²) in [6.45, 7) is 0.519. The van der Waals surface area contributed by atoms with Crippen molar-refractivity contribution in [2.45, 2.75) is 25.4 Å². The molecule has 0 spiro atoms.